The van der Waals surface area contributed by atoms with E-state index in [9.17, 15) is 9.90 Å². The van der Waals surface area contributed by atoms with Gasteiger partial charge in [0.15, 0.2) is 11.5 Å². The van der Waals surface area contributed by atoms with Crippen molar-refractivity contribution >= 4 is 17.4 Å². The standard InChI is InChI=1S/C30H34N8O3/c1-21-13-24(41-19-29(7-8-29)22-5-3-2-4-6-22)16-38-27(21)33-26(35-38)25(39)17-37-18-30(34-28(37)40)9-11-36(12-10-30)23-14-31-20-32-15-23/h2-6,13-16,20,25,39H,7-12,17-19H2,1H3,(H,34,40). The lowest BCUT2D eigenvalue weighted by molar-refractivity contribution is 0.121. The predicted octanol–water partition coefficient (Wildman–Crippen LogP) is 3.04. The van der Waals surface area contributed by atoms with E-state index < -0.39 is 6.10 Å². The van der Waals surface area contributed by atoms with Crippen molar-refractivity contribution in [3.05, 3.63) is 78.3 Å². The highest BCUT2D eigenvalue weighted by atomic mass is 16.5. The molecule has 5 heterocycles. The minimum absolute atomic E-state index is 0.0775. The van der Waals surface area contributed by atoms with Crippen molar-refractivity contribution in [3.63, 3.8) is 0 Å². The molecule has 0 radical (unpaired) electrons. The number of nitrogens with zero attached hydrogens (tertiary/aromatic N) is 7. The first-order chi connectivity index (χ1) is 19.9. The molecule has 1 aliphatic carbocycles. The molecule has 2 N–H and O–H groups in total. The van der Waals surface area contributed by atoms with Gasteiger partial charge in [0, 0.05) is 25.0 Å². The number of aliphatic hydroxyl groups excluding tert-OH is 1. The number of amides is 2. The summed E-state index contributed by atoms with van der Waals surface area (Å²) < 4.78 is 7.91. The smallest absolute Gasteiger partial charge is 0.318 e. The molecule has 1 unspecified atom stereocenters. The fraction of sp³-hybridized carbons (Fsp3) is 0.433. The molecule has 7 rings (SSSR count). The molecule has 2 amide bonds. The topological polar surface area (TPSA) is 121 Å². The number of urea groups is 1. The molecule has 1 aromatic carbocycles. The molecule has 11 heteroatoms. The summed E-state index contributed by atoms with van der Waals surface area (Å²) in [6.45, 7) is 4.83. The second kappa shape index (κ2) is 9.99. The number of carbonyl (C=O) groups excluding carboxylic acids is 1. The third-order valence-corrected chi connectivity index (χ3v) is 8.84. The highest BCUT2D eigenvalue weighted by Crippen LogP contribution is 2.48. The summed E-state index contributed by atoms with van der Waals surface area (Å²) in [7, 11) is 0. The van der Waals surface area contributed by atoms with Crippen LogP contribution < -0.4 is 15.0 Å². The lowest BCUT2D eigenvalue weighted by atomic mass is 9.88. The number of aliphatic hydroxyl groups is 1. The van der Waals surface area contributed by atoms with Crippen LogP contribution in [0.5, 0.6) is 5.75 Å². The van der Waals surface area contributed by atoms with E-state index >= 15 is 0 Å². The fourth-order valence-electron chi connectivity index (χ4n) is 6.19. The molecule has 1 atom stereocenters. The molecule has 1 spiro atoms. The maximum absolute atomic E-state index is 12.9. The number of hydrogen-bond donors (Lipinski definition) is 2. The van der Waals surface area contributed by atoms with Gasteiger partial charge in [-0.2, -0.15) is 0 Å². The van der Waals surface area contributed by atoms with Crippen LogP contribution in [0.2, 0.25) is 0 Å². The van der Waals surface area contributed by atoms with Crippen LogP contribution in [0.15, 0.2) is 61.3 Å². The summed E-state index contributed by atoms with van der Waals surface area (Å²) in [5.74, 6) is 1.01. The number of aryl methyl sites for hydroxylation is 1. The number of pyridine rings is 1. The van der Waals surface area contributed by atoms with Crippen molar-refractivity contribution in [1.82, 2.24) is 34.8 Å². The van der Waals surface area contributed by atoms with Crippen LogP contribution in [0.4, 0.5) is 10.5 Å². The Kier molecular flexibility index (Phi) is 6.26. The Balaban J connectivity index is 0.996. The van der Waals surface area contributed by atoms with Gasteiger partial charge in [-0.1, -0.05) is 30.3 Å². The number of aromatic nitrogens is 5. The molecule has 2 aliphatic heterocycles. The summed E-state index contributed by atoms with van der Waals surface area (Å²) >= 11 is 0. The Morgan fingerprint density at radius 3 is 2.59 bits per heavy atom. The molecular formula is C30H34N8O3. The molecule has 4 aromatic rings. The molecule has 0 bridgehead atoms. The summed E-state index contributed by atoms with van der Waals surface area (Å²) in [5, 5.41) is 18.8. The van der Waals surface area contributed by atoms with Crippen LogP contribution >= 0.6 is 0 Å². The SMILES string of the molecule is Cc1cc(OCC2(c3ccccc3)CC2)cn2nc(C(O)CN3CC4(CCN(c5cncnc5)CC4)NC3=O)nc12. The Bertz CT molecular complexity index is 1550. The maximum atomic E-state index is 12.9. The molecule has 3 fully saturated rings. The largest absolute Gasteiger partial charge is 0.491 e. The summed E-state index contributed by atoms with van der Waals surface area (Å²) in [5.41, 5.74) is 3.64. The summed E-state index contributed by atoms with van der Waals surface area (Å²) in [6, 6.07) is 12.3. The van der Waals surface area contributed by atoms with Crippen molar-refractivity contribution in [2.75, 3.05) is 37.7 Å². The number of ether oxygens (including phenoxy) is 1. The van der Waals surface area contributed by atoms with Crippen molar-refractivity contribution < 1.29 is 14.6 Å². The molecule has 3 aliphatic rings. The Hall–Kier alpha value is -4.25. The van der Waals surface area contributed by atoms with Gasteiger partial charge in [-0.15, -0.1) is 5.10 Å². The van der Waals surface area contributed by atoms with E-state index in [-0.39, 0.29) is 23.5 Å². The zero-order valence-electron chi connectivity index (χ0n) is 23.1. The number of benzene rings is 1. The lowest BCUT2D eigenvalue weighted by Gasteiger charge is -2.39. The van der Waals surface area contributed by atoms with E-state index in [1.165, 1.54) is 11.9 Å². The van der Waals surface area contributed by atoms with Crippen LogP contribution in [0.3, 0.4) is 0 Å². The monoisotopic (exact) mass is 554 g/mol. The van der Waals surface area contributed by atoms with Crippen LogP contribution in [0, 0.1) is 6.92 Å². The highest BCUT2D eigenvalue weighted by molar-refractivity contribution is 5.78. The predicted molar refractivity (Wildman–Crippen MR) is 152 cm³/mol. The number of nitrogens with one attached hydrogen (secondary N) is 1. The van der Waals surface area contributed by atoms with Crippen molar-refractivity contribution in [1.29, 1.82) is 0 Å². The summed E-state index contributed by atoms with van der Waals surface area (Å²) in [4.78, 5) is 29.7. The van der Waals surface area contributed by atoms with Gasteiger partial charge in [0.05, 0.1) is 43.0 Å². The van der Waals surface area contributed by atoms with Crippen LogP contribution in [0.1, 0.15) is 48.7 Å². The van der Waals surface area contributed by atoms with E-state index in [1.807, 2.05) is 37.6 Å². The molecule has 11 nitrogen and oxygen atoms in total. The fourth-order valence-corrected chi connectivity index (χ4v) is 6.19. The second-order valence-corrected chi connectivity index (χ2v) is 11.7. The molecule has 41 heavy (non-hydrogen) atoms. The molecule has 1 saturated carbocycles. The van der Waals surface area contributed by atoms with Gasteiger partial charge in [-0.05, 0) is 49.8 Å². The minimum atomic E-state index is -1.01. The van der Waals surface area contributed by atoms with E-state index in [4.69, 9.17) is 4.74 Å². The van der Waals surface area contributed by atoms with E-state index in [2.05, 4.69) is 54.5 Å². The number of carbonyl (C=O) groups is 1. The number of fused-ring (bicyclic) bond motifs is 1. The van der Waals surface area contributed by atoms with E-state index in [0.717, 1.165) is 55.8 Å². The van der Waals surface area contributed by atoms with Gasteiger partial charge in [-0.25, -0.2) is 24.3 Å². The van der Waals surface area contributed by atoms with Gasteiger partial charge in [0.25, 0.3) is 0 Å². The van der Waals surface area contributed by atoms with Gasteiger partial charge in [-0.3, -0.25) is 0 Å². The Labute approximate surface area is 238 Å². The highest BCUT2D eigenvalue weighted by Gasteiger charge is 2.46. The Morgan fingerprint density at radius 2 is 1.85 bits per heavy atom. The third kappa shape index (κ3) is 4.94. The van der Waals surface area contributed by atoms with E-state index in [0.29, 0.717) is 24.6 Å². The zero-order valence-corrected chi connectivity index (χ0v) is 23.1. The average molecular weight is 555 g/mol. The Morgan fingerprint density at radius 1 is 1.10 bits per heavy atom. The molecular weight excluding hydrogens is 520 g/mol. The van der Waals surface area contributed by atoms with Gasteiger partial charge in [0.2, 0.25) is 0 Å². The van der Waals surface area contributed by atoms with Crippen molar-refractivity contribution in [3.8, 4) is 5.75 Å². The van der Waals surface area contributed by atoms with Crippen LogP contribution in [-0.4, -0.2) is 78.9 Å². The maximum Gasteiger partial charge on any atom is 0.318 e. The first-order valence-electron chi connectivity index (χ1n) is 14.2. The molecule has 212 valence electrons. The number of rotatable bonds is 8. The molecule has 2 saturated heterocycles. The van der Waals surface area contributed by atoms with Gasteiger partial charge >= 0.3 is 6.03 Å². The number of anilines is 1. The molecule has 3 aromatic heterocycles. The first kappa shape index (κ1) is 25.7. The second-order valence-electron chi connectivity index (χ2n) is 11.7. The van der Waals surface area contributed by atoms with Crippen LogP contribution in [-0.2, 0) is 5.41 Å². The van der Waals surface area contributed by atoms with Crippen LogP contribution in [0.25, 0.3) is 5.65 Å². The van der Waals surface area contributed by atoms with E-state index in [1.54, 1.807) is 9.42 Å². The minimum Gasteiger partial charge on any atom is -0.491 e. The van der Waals surface area contributed by atoms with Gasteiger partial charge < -0.3 is 25.0 Å². The number of β-amino-alcohol motifs (C(OH)–C–C–N with tert-alkyl or cyclic N) is 1. The quantitative estimate of drug-likeness (QED) is 0.341. The normalized spacial score (nSPS) is 19.9. The van der Waals surface area contributed by atoms with Crippen molar-refractivity contribution in [2.24, 2.45) is 0 Å². The summed E-state index contributed by atoms with van der Waals surface area (Å²) in [6.07, 6.45) is 9.80. The first-order valence-corrected chi connectivity index (χ1v) is 14.2. The zero-order chi connectivity index (χ0) is 28.0. The van der Waals surface area contributed by atoms with Gasteiger partial charge in [0.1, 0.15) is 18.2 Å². The average Bonchev–Trinajstić information content (AvgIpc) is 3.57. The van der Waals surface area contributed by atoms with Crippen molar-refractivity contribution in [2.45, 2.75) is 49.7 Å². The lowest BCUT2D eigenvalue weighted by Crippen LogP contribution is -2.52. The number of hydrogen-bond acceptors (Lipinski definition) is 8. The number of piperidine rings is 1. The third-order valence-electron chi connectivity index (χ3n) is 8.84.